The van der Waals surface area contributed by atoms with Crippen molar-refractivity contribution in [3.05, 3.63) is 100 Å². The Bertz CT molecular complexity index is 1590. The lowest BCUT2D eigenvalue weighted by atomic mass is 10.0. The number of amides is 2. The molecule has 2 aliphatic heterocycles. The molecule has 1 N–H and O–H groups in total. The Labute approximate surface area is 235 Å². The van der Waals surface area contributed by atoms with E-state index in [-0.39, 0.29) is 17.2 Å². The number of halogens is 3. The minimum absolute atomic E-state index is 0.00996. The van der Waals surface area contributed by atoms with Crippen molar-refractivity contribution in [1.82, 2.24) is 19.7 Å². The Hall–Kier alpha value is -4.18. The molecular weight excluding hydrogens is 531 g/mol. The molecule has 2 aliphatic rings. The van der Waals surface area contributed by atoms with E-state index in [4.69, 9.17) is 0 Å². The average molecular weight is 562 g/mol. The number of carbonyl (C=O) groups is 2. The van der Waals surface area contributed by atoms with Crippen LogP contribution in [0.4, 0.5) is 13.2 Å². The van der Waals surface area contributed by atoms with Crippen LogP contribution in [0.3, 0.4) is 0 Å². The van der Waals surface area contributed by atoms with Gasteiger partial charge in [0.15, 0.2) is 0 Å². The van der Waals surface area contributed by atoms with Gasteiger partial charge in [-0.3, -0.25) is 9.59 Å². The molecule has 3 aromatic carbocycles. The first kappa shape index (κ1) is 27.0. The van der Waals surface area contributed by atoms with Crippen LogP contribution in [-0.4, -0.2) is 63.7 Å². The fraction of sp³-hybridized carbons (Fsp3) is 0.323. The molecule has 7 nitrogen and oxygen atoms in total. The Kier molecular flexibility index (Phi) is 7.49. The third-order valence-electron chi connectivity index (χ3n) is 7.95. The lowest BCUT2D eigenvalue weighted by molar-refractivity contribution is 0.0699. The van der Waals surface area contributed by atoms with Crippen LogP contribution < -0.4 is 5.43 Å². The molecule has 0 bridgehead atoms. The van der Waals surface area contributed by atoms with Gasteiger partial charge in [0, 0.05) is 30.6 Å². The van der Waals surface area contributed by atoms with Gasteiger partial charge < -0.3 is 9.80 Å². The second-order valence-corrected chi connectivity index (χ2v) is 10.8. The number of nitrogens with zero attached hydrogens (tertiary/aromatic N) is 4. The van der Waals surface area contributed by atoms with Gasteiger partial charge in [-0.2, -0.15) is 9.89 Å². The van der Waals surface area contributed by atoms with E-state index in [0.29, 0.717) is 29.4 Å². The van der Waals surface area contributed by atoms with Crippen LogP contribution in [0.1, 0.15) is 57.5 Å². The maximum Gasteiger partial charge on any atom is 0.272 e. The number of hydrogen-bond acceptors (Lipinski definition) is 4. The highest BCUT2D eigenvalue weighted by molar-refractivity contribution is 6.10. The number of aromatic nitrogens is 2. The molecule has 212 valence electrons. The lowest BCUT2D eigenvalue weighted by Gasteiger charge is -2.29. The van der Waals surface area contributed by atoms with Crippen molar-refractivity contribution in [2.24, 2.45) is 0 Å². The number of fused-ring (bicyclic) bond motifs is 1. The summed E-state index contributed by atoms with van der Waals surface area (Å²) in [6.07, 6.45) is 5.86. The molecule has 0 spiro atoms. The largest absolute Gasteiger partial charge is 0.334 e. The first-order chi connectivity index (χ1) is 19.9. The summed E-state index contributed by atoms with van der Waals surface area (Å²) in [4.78, 5) is 32.4. The minimum Gasteiger partial charge on any atom is -0.334 e. The number of benzene rings is 3. The van der Waals surface area contributed by atoms with Crippen LogP contribution in [0, 0.1) is 17.5 Å². The van der Waals surface area contributed by atoms with Crippen molar-refractivity contribution in [1.29, 1.82) is 0 Å². The molecule has 0 saturated carbocycles. The monoisotopic (exact) mass is 561 g/mol. The second-order valence-electron chi connectivity index (χ2n) is 10.8. The zero-order valence-electron chi connectivity index (χ0n) is 22.5. The summed E-state index contributed by atoms with van der Waals surface area (Å²) >= 11 is 0. The maximum absolute atomic E-state index is 15.1. The zero-order valence-corrected chi connectivity index (χ0v) is 22.5. The van der Waals surface area contributed by atoms with Crippen LogP contribution in [0.5, 0.6) is 0 Å². The van der Waals surface area contributed by atoms with E-state index in [1.165, 1.54) is 35.1 Å². The molecule has 1 aromatic heterocycles. The van der Waals surface area contributed by atoms with Gasteiger partial charge in [-0.25, -0.2) is 18.6 Å². The average Bonchev–Trinajstić information content (AvgIpc) is 3.70. The van der Waals surface area contributed by atoms with Crippen LogP contribution in [0.2, 0.25) is 0 Å². The Morgan fingerprint density at radius 1 is 0.902 bits per heavy atom. The summed E-state index contributed by atoms with van der Waals surface area (Å²) in [5.41, 5.74) is 4.24. The molecule has 6 rings (SSSR count). The number of carbonyl (C=O) groups excluding carboxylic acids is 2. The highest BCUT2D eigenvalue weighted by atomic mass is 19.1. The fourth-order valence-corrected chi connectivity index (χ4v) is 6.02. The third kappa shape index (κ3) is 5.69. The summed E-state index contributed by atoms with van der Waals surface area (Å²) in [6, 6.07) is 12.8. The highest BCUT2D eigenvalue weighted by Gasteiger charge is 2.34. The minimum atomic E-state index is -0.738. The van der Waals surface area contributed by atoms with Crippen molar-refractivity contribution >= 4 is 22.7 Å². The van der Waals surface area contributed by atoms with Gasteiger partial charge >= 0.3 is 0 Å². The molecule has 2 saturated heterocycles. The first-order valence-electron chi connectivity index (χ1n) is 13.9. The molecule has 10 heteroatoms. The third-order valence-corrected chi connectivity index (χ3v) is 7.95. The maximum atomic E-state index is 15.1. The SMILES string of the molecule is O=C(Nn1ncc2cc(Cc3cc(F)cc(F)c3)ccc21)c1cccc(F)c1C(=O)N1CCC[C@@H]1CN1CCCC1. The summed E-state index contributed by atoms with van der Waals surface area (Å²) in [7, 11) is 0. The highest BCUT2D eigenvalue weighted by Crippen LogP contribution is 2.26. The van der Waals surface area contributed by atoms with Gasteiger partial charge in [0.1, 0.15) is 17.5 Å². The van der Waals surface area contributed by atoms with Gasteiger partial charge in [0.25, 0.3) is 11.8 Å². The van der Waals surface area contributed by atoms with Crippen molar-refractivity contribution < 1.29 is 22.8 Å². The first-order valence-corrected chi connectivity index (χ1v) is 13.9. The molecule has 2 fully saturated rings. The predicted molar refractivity (Wildman–Crippen MR) is 149 cm³/mol. The van der Waals surface area contributed by atoms with E-state index < -0.39 is 29.3 Å². The second kappa shape index (κ2) is 11.4. The summed E-state index contributed by atoms with van der Waals surface area (Å²) < 4.78 is 42.3. The van der Waals surface area contributed by atoms with Crippen LogP contribution >= 0.6 is 0 Å². The van der Waals surface area contributed by atoms with Crippen molar-refractivity contribution in [3.8, 4) is 0 Å². The molecule has 4 aromatic rings. The van der Waals surface area contributed by atoms with Crippen LogP contribution in [0.15, 0.2) is 60.8 Å². The summed E-state index contributed by atoms with van der Waals surface area (Å²) in [6.45, 7) is 3.31. The standard InChI is InChI=1S/C31H30F3N5O2/c32-23-15-21(16-24(33)17-23)13-20-8-9-28-22(14-20)18-35-39(28)36-30(40)26-6-3-7-27(34)29(26)31(41)38-12-4-5-25(38)19-37-10-1-2-11-37/h3,6-9,14-18,25H,1-2,4-5,10-13,19H2,(H,36,40)/t25-/m1/s1. The zero-order chi connectivity index (χ0) is 28.5. The molecule has 0 aliphatic carbocycles. The summed E-state index contributed by atoms with van der Waals surface area (Å²) in [5, 5.41) is 4.94. The van der Waals surface area contributed by atoms with E-state index in [2.05, 4.69) is 15.4 Å². The van der Waals surface area contributed by atoms with Gasteiger partial charge in [-0.15, -0.1) is 0 Å². The Balaban J connectivity index is 1.21. The van der Waals surface area contributed by atoms with E-state index >= 15 is 4.39 Å². The Morgan fingerprint density at radius 2 is 1.68 bits per heavy atom. The normalized spacial score (nSPS) is 17.4. The van der Waals surface area contributed by atoms with E-state index in [9.17, 15) is 18.4 Å². The van der Waals surface area contributed by atoms with Crippen molar-refractivity contribution in [2.45, 2.75) is 38.1 Å². The van der Waals surface area contributed by atoms with Gasteiger partial charge in [0.2, 0.25) is 0 Å². The van der Waals surface area contributed by atoms with Crippen LogP contribution in [-0.2, 0) is 6.42 Å². The van der Waals surface area contributed by atoms with Gasteiger partial charge in [0.05, 0.1) is 22.8 Å². The van der Waals surface area contributed by atoms with Gasteiger partial charge in [-0.1, -0.05) is 12.1 Å². The van der Waals surface area contributed by atoms with Gasteiger partial charge in [-0.05, 0) is 92.7 Å². The number of rotatable bonds is 7. The Morgan fingerprint density at radius 3 is 2.46 bits per heavy atom. The topological polar surface area (TPSA) is 70.5 Å². The van der Waals surface area contributed by atoms with Crippen molar-refractivity contribution in [2.75, 3.05) is 31.6 Å². The smallest absolute Gasteiger partial charge is 0.272 e. The quantitative estimate of drug-likeness (QED) is 0.340. The fourth-order valence-electron chi connectivity index (χ4n) is 6.02. The van der Waals surface area contributed by atoms with Crippen molar-refractivity contribution in [3.63, 3.8) is 0 Å². The predicted octanol–water partition coefficient (Wildman–Crippen LogP) is 5.13. The van der Waals surface area contributed by atoms with E-state index in [1.54, 1.807) is 23.2 Å². The molecule has 2 amide bonds. The molecule has 0 radical (unpaired) electrons. The summed E-state index contributed by atoms with van der Waals surface area (Å²) in [5.74, 6) is -3.15. The number of nitrogens with one attached hydrogen (secondary N) is 1. The number of likely N-dealkylation sites (tertiary alicyclic amines) is 2. The lowest BCUT2D eigenvalue weighted by Crippen LogP contribution is -2.43. The van der Waals surface area contributed by atoms with E-state index in [0.717, 1.165) is 56.9 Å². The molecule has 3 heterocycles. The molecule has 41 heavy (non-hydrogen) atoms. The molecular formula is C31H30F3N5O2. The molecule has 1 atom stereocenters. The number of hydrogen-bond donors (Lipinski definition) is 1. The van der Waals surface area contributed by atoms with E-state index in [1.807, 2.05) is 6.07 Å². The molecule has 0 unspecified atom stereocenters. The van der Waals surface area contributed by atoms with Crippen LogP contribution in [0.25, 0.3) is 10.9 Å².